The highest BCUT2D eigenvalue weighted by Gasteiger charge is 2.55. The van der Waals surface area contributed by atoms with Crippen molar-refractivity contribution < 1.29 is 14.7 Å². The lowest BCUT2D eigenvalue weighted by Crippen LogP contribution is -2.38. The van der Waals surface area contributed by atoms with E-state index in [1.807, 2.05) is 48.5 Å². The molecule has 2 aliphatic carbocycles. The van der Waals surface area contributed by atoms with E-state index in [1.54, 1.807) is 16.0 Å². The molecule has 5 nitrogen and oxygen atoms in total. The minimum atomic E-state index is -0.714. The van der Waals surface area contributed by atoms with Crippen LogP contribution in [0.2, 0.25) is 0 Å². The summed E-state index contributed by atoms with van der Waals surface area (Å²) in [4.78, 5) is 25.7. The zero-order chi connectivity index (χ0) is 27.7. The molecule has 3 aromatic rings. The van der Waals surface area contributed by atoms with Gasteiger partial charge in [0.05, 0.1) is 11.5 Å². The standard InChI is InChI=1S/C18H24N2O3.C9H10.C7H8/c19-16(22)14(10-13-4-2-1-3-5-13)11-15(21)12-20-9-8-18(6-7-18)17(20)23;1-2-5-9-7-3-6-8(9)4-1;1-7-5-3-2-4-6-7/h1-5,14-15,21H,6-12H2,(H2,19,22);1-2,4-5H,3,6-7H2;2-6H,1H3. The van der Waals surface area contributed by atoms with Gasteiger partial charge in [-0.15, -0.1) is 0 Å². The van der Waals surface area contributed by atoms with Crippen LogP contribution in [0.15, 0.2) is 84.9 Å². The number of β-amino-alcohol motifs (C(OH)–C–C–N with tert-alkyl or cyclic N) is 1. The van der Waals surface area contributed by atoms with Crippen LogP contribution in [-0.2, 0) is 28.9 Å². The molecule has 0 radical (unpaired) electrons. The highest BCUT2D eigenvalue weighted by atomic mass is 16.3. The molecule has 3 aliphatic rings. The maximum absolute atomic E-state index is 12.3. The molecule has 39 heavy (non-hydrogen) atoms. The molecule has 0 aromatic heterocycles. The first kappa shape index (κ1) is 28.6. The number of nitrogens with two attached hydrogens (primary N) is 1. The van der Waals surface area contributed by atoms with Crippen molar-refractivity contribution in [3.63, 3.8) is 0 Å². The van der Waals surface area contributed by atoms with Gasteiger partial charge < -0.3 is 15.7 Å². The lowest BCUT2D eigenvalue weighted by Gasteiger charge is -2.23. The summed E-state index contributed by atoms with van der Waals surface area (Å²) < 4.78 is 0. The first-order valence-electron chi connectivity index (χ1n) is 14.3. The topological polar surface area (TPSA) is 83.6 Å². The second-order valence-electron chi connectivity index (χ2n) is 11.2. The number of nitrogens with zero attached hydrogens (tertiary/aromatic N) is 1. The highest BCUT2D eigenvalue weighted by Crippen LogP contribution is 2.53. The van der Waals surface area contributed by atoms with Crippen LogP contribution in [0.25, 0.3) is 0 Å². The van der Waals surface area contributed by atoms with Crippen LogP contribution in [0.4, 0.5) is 0 Å². The monoisotopic (exact) mass is 526 g/mol. The number of rotatable bonds is 7. The van der Waals surface area contributed by atoms with Crippen LogP contribution in [0.1, 0.15) is 54.4 Å². The normalized spacial score (nSPS) is 17.8. The summed E-state index contributed by atoms with van der Waals surface area (Å²) in [7, 11) is 0. The van der Waals surface area contributed by atoms with Crippen molar-refractivity contribution in [3.8, 4) is 0 Å². The predicted molar refractivity (Wildman–Crippen MR) is 156 cm³/mol. The molecular weight excluding hydrogens is 484 g/mol. The van der Waals surface area contributed by atoms with Gasteiger partial charge in [-0.1, -0.05) is 90.5 Å². The van der Waals surface area contributed by atoms with Gasteiger partial charge in [0.25, 0.3) is 0 Å². The third kappa shape index (κ3) is 8.27. The van der Waals surface area contributed by atoms with Gasteiger partial charge in [-0.2, -0.15) is 0 Å². The van der Waals surface area contributed by atoms with E-state index >= 15 is 0 Å². The molecule has 0 bridgehead atoms. The Bertz CT molecular complexity index is 1180. The molecule has 1 saturated carbocycles. The molecule has 1 aliphatic heterocycles. The lowest BCUT2D eigenvalue weighted by molar-refractivity contribution is -0.133. The molecule has 2 amide bonds. The molecule has 2 fully saturated rings. The van der Waals surface area contributed by atoms with E-state index in [0.29, 0.717) is 19.4 Å². The van der Waals surface area contributed by atoms with E-state index in [9.17, 15) is 14.7 Å². The van der Waals surface area contributed by atoms with Crippen LogP contribution in [0, 0.1) is 18.3 Å². The number of primary amides is 1. The Kier molecular flexibility index (Phi) is 9.94. The molecule has 3 N–H and O–H groups in total. The maximum Gasteiger partial charge on any atom is 0.228 e. The molecule has 3 aromatic carbocycles. The van der Waals surface area contributed by atoms with Gasteiger partial charge in [0.1, 0.15) is 0 Å². The van der Waals surface area contributed by atoms with Crippen molar-refractivity contribution in [2.45, 2.75) is 64.4 Å². The molecule has 6 rings (SSSR count). The third-order valence-corrected chi connectivity index (χ3v) is 8.12. The Morgan fingerprint density at radius 2 is 1.46 bits per heavy atom. The molecule has 2 atom stereocenters. The van der Waals surface area contributed by atoms with Crippen molar-refractivity contribution in [2.24, 2.45) is 17.1 Å². The summed E-state index contributed by atoms with van der Waals surface area (Å²) >= 11 is 0. The fourth-order valence-corrected chi connectivity index (χ4v) is 5.59. The largest absolute Gasteiger partial charge is 0.391 e. The van der Waals surface area contributed by atoms with E-state index in [0.717, 1.165) is 31.4 Å². The first-order chi connectivity index (χ1) is 18.9. The Labute approximate surface area is 233 Å². The van der Waals surface area contributed by atoms with Crippen LogP contribution in [0.5, 0.6) is 0 Å². The molecule has 5 heteroatoms. The number of hydrogen-bond donors (Lipinski definition) is 2. The van der Waals surface area contributed by atoms with Crippen LogP contribution in [-0.4, -0.2) is 41.0 Å². The summed E-state index contributed by atoms with van der Waals surface area (Å²) in [6.07, 6.45) is 6.93. The Balaban J connectivity index is 0.000000178. The fraction of sp³-hybridized carbons (Fsp3) is 0.412. The predicted octanol–water partition coefficient (Wildman–Crippen LogP) is 5.26. The number of carbonyl (C=O) groups excluding carboxylic acids is 2. The second kappa shape index (κ2) is 13.6. The zero-order valence-corrected chi connectivity index (χ0v) is 23.1. The van der Waals surface area contributed by atoms with Crippen molar-refractivity contribution in [3.05, 3.63) is 107 Å². The van der Waals surface area contributed by atoms with Gasteiger partial charge in [-0.05, 0) is 75.0 Å². The van der Waals surface area contributed by atoms with Crippen molar-refractivity contribution in [2.75, 3.05) is 13.1 Å². The van der Waals surface area contributed by atoms with Crippen LogP contribution < -0.4 is 5.73 Å². The summed E-state index contributed by atoms with van der Waals surface area (Å²) in [5.74, 6) is -0.644. The lowest BCUT2D eigenvalue weighted by atomic mass is 9.93. The number of carbonyl (C=O) groups is 2. The number of fused-ring (bicyclic) bond motifs is 1. The Morgan fingerprint density at radius 1 is 0.897 bits per heavy atom. The first-order valence-corrected chi connectivity index (χ1v) is 14.3. The van der Waals surface area contributed by atoms with E-state index in [1.165, 1.54) is 24.8 Å². The maximum atomic E-state index is 12.3. The molecule has 1 saturated heterocycles. The number of hydrogen-bond acceptors (Lipinski definition) is 3. The number of aryl methyl sites for hydroxylation is 3. The van der Waals surface area contributed by atoms with Gasteiger partial charge >= 0.3 is 0 Å². The van der Waals surface area contributed by atoms with E-state index in [2.05, 4.69) is 43.3 Å². The average Bonchev–Trinajstić information content (AvgIpc) is 3.48. The molecular formula is C34H42N2O3. The van der Waals surface area contributed by atoms with Crippen molar-refractivity contribution in [1.29, 1.82) is 0 Å². The minimum absolute atomic E-state index is 0.104. The molecule has 206 valence electrons. The minimum Gasteiger partial charge on any atom is -0.391 e. The average molecular weight is 527 g/mol. The van der Waals surface area contributed by atoms with Crippen molar-refractivity contribution in [1.82, 2.24) is 4.90 Å². The molecule has 1 spiro atoms. The third-order valence-electron chi connectivity index (χ3n) is 8.12. The smallest absolute Gasteiger partial charge is 0.228 e. The van der Waals surface area contributed by atoms with Gasteiger partial charge in [0.15, 0.2) is 0 Å². The number of aliphatic hydroxyl groups is 1. The van der Waals surface area contributed by atoms with Crippen LogP contribution in [0.3, 0.4) is 0 Å². The van der Waals surface area contributed by atoms with Gasteiger partial charge in [0.2, 0.25) is 11.8 Å². The van der Waals surface area contributed by atoms with E-state index in [4.69, 9.17) is 5.73 Å². The van der Waals surface area contributed by atoms with E-state index < -0.39 is 17.9 Å². The SMILES string of the molecule is Cc1ccccc1.NC(=O)C(Cc1ccccc1)CC(O)CN1CCC2(CC2)C1=O.c1ccc2c(c1)CCC2. The van der Waals surface area contributed by atoms with Gasteiger partial charge in [0, 0.05) is 19.0 Å². The summed E-state index contributed by atoms with van der Waals surface area (Å²) in [6, 6.07) is 28.6. The second-order valence-corrected chi connectivity index (χ2v) is 11.2. The molecule has 2 unspecified atom stereocenters. The molecule has 1 heterocycles. The Hall–Kier alpha value is -3.44. The van der Waals surface area contributed by atoms with Gasteiger partial charge in [-0.3, -0.25) is 9.59 Å². The summed E-state index contributed by atoms with van der Waals surface area (Å²) in [5.41, 5.74) is 10.9. The zero-order valence-electron chi connectivity index (χ0n) is 23.1. The van der Waals surface area contributed by atoms with E-state index in [-0.39, 0.29) is 11.3 Å². The number of likely N-dealkylation sites (tertiary alicyclic amines) is 1. The number of benzene rings is 3. The quantitative estimate of drug-likeness (QED) is 0.440. The Morgan fingerprint density at radius 3 is 1.95 bits per heavy atom. The number of amides is 2. The highest BCUT2D eigenvalue weighted by molar-refractivity contribution is 5.87. The summed E-state index contributed by atoms with van der Waals surface area (Å²) in [6.45, 7) is 3.11. The summed E-state index contributed by atoms with van der Waals surface area (Å²) in [5, 5.41) is 10.3. The fourth-order valence-electron chi connectivity index (χ4n) is 5.59. The van der Waals surface area contributed by atoms with Crippen LogP contribution >= 0.6 is 0 Å². The van der Waals surface area contributed by atoms with Gasteiger partial charge in [-0.25, -0.2) is 0 Å². The van der Waals surface area contributed by atoms with Crippen molar-refractivity contribution >= 4 is 11.8 Å². The number of aliphatic hydroxyl groups excluding tert-OH is 1.